The Bertz CT molecular complexity index is 769. The molecule has 1 N–H and O–H groups in total. The lowest BCUT2D eigenvalue weighted by molar-refractivity contribution is -0.151. The fourth-order valence-electron chi connectivity index (χ4n) is 3.64. The first-order chi connectivity index (χ1) is 12.5. The number of esters is 1. The molecule has 1 aliphatic carbocycles. The van der Waals surface area contributed by atoms with Crippen LogP contribution >= 0.6 is 0 Å². The topological polar surface area (TPSA) is 81.5 Å². The SMILES string of the molecule is CCOC(=O)C1CCC(O)(CCc2ccnc3ccc(OC)nc23)CC1. The zero-order chi connectivity index (χ0) is 18.6. The first-order valence-corrected chi connectivity index (χ1v) is 9.22. The average Bonchev–Trinajstić information content (AvgIpc) is 2.66. The molecule has 6 heteroatoms. The Labute approximate surface area is 153 Å². The summed E-state index contributed by atoms with van der Waals surface area (Å²) in [5, 5.41) is 10.9. The lowest BCUT2D eigenvalue weighted by atomic mass is 9.76. The molecule has 0 bridgehead atoms. The van der Waals surface area contributed by atoms with Crippen LogP contribution in [0.2, 0.25) is 0 Å². The minimum atomic E-state index is -0.739. The van der Waals surface area contributed by atoms with Crippen molar-refractivity contribution >= 4 is 17.0 Å². The highest BCUT2D eigenvalue weighted by Gasteiger charge is 2.36. The van der Waals surface area contributed by atoms with Crippen molar-refractivity contribution in [2.24, 2.45) is 5.92 Å². The van der Waals surface area contributed by atoms with Crippen LogP contribution in [0.15, 0.2) is 24.4 Å². The molecule has 1 fully saturated rings. The Hall–Kier alpha value is -2.21. The lowest BCUT2D eigenvalue weighted by Gasteiger charge is -2.35. The van der Waals surface area contributed by atoms with Gasteiger partial charge in [0.15, 0.2) is 0 Å². The van der Waals surface area contributed by atoms with Crippen LogP contribution in [0.5, 0.6) is 5.88 Å². The standard InChI is InChI=1S/C20H26N2O4/c1-3-26-19(23)15-7-11-20(24,12-8-15)10-6-14-9-13-21-16-4-5-17(25-2)22-18(14)16/h4-5,9,13,15,24H,3,6-8,10-12H2,1-2H3. The average molecular weight is 358 g/mol. The first-order valence-electron chi connectivity index (χ1n) is 9.22. The van der Waals surface area contributed by atoms with E-state index in [2.05, 4.69) is 9.97 Å². The van der Waals surface area contributed by atoms with Crippen LogP contribution in [0.25, 0.3) is 11.0 Å². The molecule has 1 saturated carbocycles. The second kappa shape index (κ2) is 7.99. The number of carbonyl (C=O) groups is 1. The minimum absolute atomic E-state index is 0.0806. The van der Waals surface area contributed by atoms with Crippen LogP contribution in [0.4, 0.5) is 0 Å². The normalized spacial score (nSPS) is 23.0. The maximum absolute atomic E-state index is 11.9. The third-order valence-corrected chi connectivity index (χ3v) is 5.25. The van der Waals surface area contributed by atoms with Gasteiger partial charge in [0.05, 0.1) is 36.3 Å². The molecule has 2 aromatic heterocycles. The summed E-state index contributed by atoms with van der Waals surface area (Å²) in [6.07, 6.45) is 5.72. The third kappa shape index (κ3) is 4.12. The van der Waals surface area contributed by atoms with Gasteiger partial charge in [-0.1, -0.05) is 0 Å². The summed E-state index contributed by atoms with van der Waals surface area (Å²) in [5.41, 5.74) is 1.95. The van der Waals surface area contributed by atoms with E-state index in [9.17, 15) is 9.90 Å². The fraction of sp³-hybridized carbons (Fsp3) is 0.550. The van der Waals surface area contributed by atoms with Gasteiger partial charge in [0.1, 0.15) is 0 Å². The number of carbonyl (C=O) groups excluding carboxylic acids is 1. The molecule has 0 amide bonds. The molecule has 2 aromatic rings. The fourth-order valence-corrected chi connectivity index (χ4v) is 3.64. The predicted molar refractivity (Wildman–Crippen MR) is 98.0 cm³/mol. The van der Waals surface area contributed by atoms with Gasteiger partial charge >= 0.3 is 5.97 Å². The Morgan fingerprint density at radius 1 is 1.31 bits per heavy atom. The van der Waals surface area contributed by atoms with Gasteiger partial charge in [0.25, 0.3) is 0 Å². The van der Waals surface area contributed by atoms with Crippen LogP contribution in [0.3, 0.4) is 0 Å². The summed E-state index contributed by atoms with van der Waals surface area (Å²) >= 11 is 0. The molecule has 6 nitrogen and oxygen atoms in total. The number of hydrogen-bond donors (Lipinski definition) is 1. The number of hydrogen-bond acceptors (Lipinski definition) is 6. The van der Waals surface area contributed by atoms with Gasteiger partial charge in [-0.3, -0.25) is 9.78 Å². The Morgan fingerprint density at radius 3 is 2.77 bits per heavy atom. The minimum Gasteiger partial charge on any atom is -0.481 e. The molecule has 2 heterocycles. The van der Waals surface area contributed by atoms with Crippen molar-refractivity contribution in [2.45, 2.75) is 51.0 Å². The monoisotopic (exact) mass is 358 g/mol. The number of aromatic nitrogens is 2. The lowest BCUT2D eigenvalue weighted by Crippen LogP contribution is -2.37. The van der Waals surface area contributed by atoms with Gasteiger partial charge in [-0.15, -0.1) is 0 Å². The molecule has 0 spiro atoms. The maximum Gasteiger partial charge on any atom is 0.308 e. The molecule has 26 heavy (non-hydrogen) atoms. The molecule has 0 aliphatic heterocycles. The number of ether oxygens (including phenoxy) is 2. The number of methoxy groups -OCH3 is 1. The second-order valence-corrected chi connectivity index (χ2v) is 6.94. The van der Waals surface area contributed by atoms with E-state index in [1.165, 1.54) is 0 Å². The summed E-state index contributed by atoms with van der Waals surface area (Å²) in [6, 6.07) is 5.63. The van der Waals surface area contributed by atoms with Crippen molar-refractivity contribution < 1.29 is 19.4 Å². The van der Waals surface area contributed by atoms with E-state index >= 15 is 0 Å². The van der Waals surface area contributed by atoms with Crippen molar-refractivity contribution in [1.82, 2.24) is 9.97 Å². The van der Waals surface area contributed by atoms with Crippen molar-refractivity contribution in [3.8, 4) is 5.88 Å². The molecule has 0 atom stereocenters. The van der Waals surface area contributed by atoms with Crippen LogP contribution in [-0.2, 0) is 16.0 Å². The number of aliphatic hydroxyl groups is 1. The van der Waals surface area contributed by atoms with Gasteiger partial charge in [0.2, 0.25) is 5.88 Å². The molecule has 1 aliphatic rings. The summed E-state index contributed by atoms with van der Waals surface area (Å²) in [4.78, 5) is 20.7. The van der Waals surface area contributed by atoms with Gasteiger partial charge < -0.3 is 14.6 Å². The quantitative estimate of drug-likeness (QED) is 0.799. The van der Waals surface area contributed by atoms with Crippen LogP contribution in [-0.4, -0.2) is 40.4 Å². The van der Waals surface area contributed by atoms with E-state index in [4.69, 9.17) is 9.47 Å². The highest BCUT2D eigenvalue weighted by molar-refractivity contribution is 5.78. The molecule has 0 unspecified atom stereocenters. The van der Waals surface area contributed by atoms with Crippen LogP contribution in [0.1, 0.15) is 44.6 Å². The Balaban J connectivity index is 1.66. The van der Waals surface area contributed by atoms with Crippen LogP contribution < -0.4 is 4.74 Å². The van der Waals surface area contributed by atoms with Crippen molar-refractivity contribution in [3.05, 3.63) is 30.0 Å². The van der Waals surface area contributed by atoms with E-state index in [1.54, 1.807) is 19.4 Å². The van der Waals surface area contributed by atoms with E-state index in [0.717, 1.165) is 16.6 Å². The number of rotatable bonds is 6. The van der Waals surface area contributed by atoms with Gasteiger partial charge in [-0.05, 0) is 63.1 Å². The van der Waals surface area contributed by atoms with E-state index in [1.807, 2.05) is 19.1 Å². The summed E-state index contributed by atoms with van der Waals surface area (Å²) in [6.45, 7) is 2.23. The summed E-state index contributed by atoms with van der Waals surface area (Å²) in [5.74, 6) is 0.342. The van der Waals surface area contributed by atoms with Crippen molar-refractivity contribution in [3.63, 3.8) is 0 Å². The smallest absolute Gasteiger partial charge is 0.308 e. The molecule has 0 aromatic carbocycles. The summed E-state index contributed by atoms with van der Waals surface area (Å²) in [7, 11) is 1.59. The van der Waals surface area contributed by atoms with Crippen LogP contribution in [0, 0.1) is 5.92 Å². The number of fused-ring (bicyclic) bond motifs is 1. The van der Waals surface area contributed by atoms with Crippen molar-refractivity contribution in [2.75, 3.05) is 13.7 Å². The summed E-state index contributed by atoms with van der Waals surface area (Å²) < 4.78 is 10.3. The highest BCUT2D eigenvalue weighted by atomic mass is 16.5. The van der Waals surface area contributed by atoms with Gasteiger partial charge in [-0.2, -0.15) is 0 Å². The van der Waals surface area contributed by atoms with Crippen molar-refractivity contribution in [1.29, 1.82) is 0 Å². The Morgan fingerprint density at radius 2 is 2.08 bits per heavy atom. The van der Waals surface area contributed by atoms with Gasteiger partial charge in [0, 0.05) is 12.3 Å². The van der Waals surface area contributed by atoms with E-state index in [0.29, 0.717) is 51.0 Å². The Kier molecular flexibility index (Phi) is 5.71. The zero-order valence-electron chi connectivity index (χ0n) is 15.4. The predicted octanol–water partition coefficient (Wildman–Crippen LogP) is 3.06. The molecule has 3 rings (SSSR count). The molecule has 140 valence electrons. The molecular weight excluding hydrogens is 332 g/mol. The van der Waals surface area contributed by atoms with Gasteiger partial charge in [-0.25, -0.2) is 4.98 Å². The number of nitrogens with zero attached hydrogens (tertiary/aromatic N) is 2. The number of aryl methyl sites for hydroxylation is 1. The molecule has 0 radical (unpaired) electrons. The highest BCUT2D eigenvalue weighted by Crippen LogP contribution is 2.36. The maximum atomic E-state index is 11.9. The second-order valence-electron chi connectivity index (χ2n) is 6.94. The molecular formula is C20H26N2O4. The molecule has 0 saturated heterocycles. The largest absolute Gasteiger partial charge is 0.481 e. The zero-order valence-corrected chi connectivity index (χ0v) is 15.4. The first kappa shape index (κ1) is 18.6. The third-order valence-electron chi connectivity index (χ3n) is 5.25. The number of pyridine rings is 2. The van der Waals surface area contributed by atoms with E-state index in [-0.39, 0.29) is 11.9 Å². The van der Waals surface area contributed by atoms with E-state index < -0.39 is 5.60 Å².